The standard InChI is InChI=1S/C27H46N2O/c1-17-22-18(30-16-29(17)7)14-25(5)20-9-8-19-23(2,3)21(28-6)10-11-26(19)15-27(20,26)13-12-24(22,25)4/h17-22,28H,8-16H2,1-7H3. The first-order valence-electron chi connectivity index (χ1n) is 13.1. The summed E-state index contributed by atoms with van der Waals surface area (Å²) in [5.74, 6) is 2.56. The summed E-state index contributed by atoms with van der Waals surface area (Å²) in [6, 6.07) is 1.35. The van der Waals surface area contributed by atoms with Crippen molar-refractivity contribution >= 4 is 0 Å². The Morgan fingerprint density at radius 2 is 1.60 bits per heavy atom. The van der Waals surface area contributed by atoms with Gasteiger partial charge in [0.05, 0.1) is 12.8 Å². The third-order valence-electron chi connectivity index (χ3n) is 13.2. The predicted molar refractivity (Wildman–Crippen MR) is 122 cm³/mol. The Hall–Kier alpha value is -0.120. The lowest BCUT2D eigenvalue weighted by atomic mass is 9.42. The highest BCUT2D eigenvalue weighted by Gasteiger charge is 2.83. The van der Waals surface area contributed by atoms with Crippen LogP contribution < -0.4 is 5.32 Å². The van der Waals surface area contributed by atoms with Crippen LogP contribution in [0.15, 0.2) is 0 Å². The number of nitrogens with one attached hydrogen (secondary N) is 1. The van der Waals surface area contributed by atoms with E-state index in [1.165, 1.54) is 44.9 Å². The van der Waals surface area contributed by atoms with E-state index in [0.29, 0.717) is 51.2 Å². The molecule has 1 aliphatic heterocycles. The lowest BCUT2D eigenvalue weighted by Crippen LogP contribution is -2.60. The van der Waals surface area contributed by atoms with Gasteiger partial charge in [-0.05, 0) is 111 Å². The molecule has 0 aromatic heterocycles. The van der Waals surface area contributed by atoms with Gasteiger partial charge in [0.25, 0.3) is 0 Å². The van der Waals surface area contributed by atoms with E-state index < -0.39 is 0 Å². The van der Waals surface area contributed by atoms with Crippen LogP contribution in [0.1, 0.15) is 86.0 Å². The predicted octanol–water partition coefficient (Wildman–Crippen LogP) is 5.30. The summed E-state index contributed by atoms with van der Waals surface area (Å²) in [4.78, 5) is 2.47. The van der Waals surface area contributed by atoms with Gasteiger partial charge >= 0.3 is 0 Å². The third kappa shape index (κ3) is 2.02. The molecule has 10 atom stereocenters. The van der Waals surface area contributed by atoms with Crippen LogP contribution >= 0.6 is 0 Å². The minimum atomic E-state index is 0.438. The molecular formula is C27H46N2O. The summed E-state index contributed by atoms with van der Waals surface area (Å²) < 4.78 is 6.52. The summed E-state index contributed by atoms with van der Waals surface area (Å²) in [7, 11) is 4.47. The second kappa shape index (κ2) is 5.86. The van der Waals surface area contributed by atoms with Crippen LogP contribution in [0.5, 0.6) is 0 Å². The van der Waals surface area contributed by atoms with Crippen LogP contribution in [-0.2, 0) is 4.74 Å². The molecule has 1 saturated heterocycles. The topological polar surface area (TPSA) is 24.5 Å². The average Bonchev–Trinajstić information content (AvgIpc) is 3.28. The molecule has 1 heterocycles. The number of rotatable bonds is 1. The van der Waals surface area contributed by atoms with Crippen molar-refractivity contribution in [2.45, 2.75) is 104 Å². The molecule has 5 saturated carbocycles. The molecule has 6 rings (SSSR count). The molecule has 30 heavy (non-hydrogen) atoms. The molecule has 0 radical (unpaired) electrons. The lowest BCUT2D eigenvalue weighted by Gasteiger charge is -2.63. The largest absolute Gasteiger partial charge is 0.362 e. The molecule has 0 bridgehead atoms. The number of hydrogen-bond donors (Lipinski definition) is 1. The van der Waals surface area contributed by atoms with Crippen LogP contribution in [0.3, 0.4) is 0 Å². The quantitative estimate of drug-likeness (QED) is 0.630. The van der Waals surface area contributed by atoms with Gasteiger partial charge in [-0.25, -0.2) is 0 Å². The van der Waals surface area contributed by atoms with Crippen LogP contribution in [-0.4, -0.2) is 43.9 Å². The molecular weight excluding hydrogens is 368 g/mol. The molecule has 0 amide bonds. The van der Waals surface area contributed by atoms with Crippen LogP contribution in [0.4, 0.5) is 0 Å². The van der Waals surface area contributed by atoms with E-state index in [2.05, 4.69) is 58.9 Å². The molecule has 170 valence electrons. The maximum absolute atomic E-state index is 6.52. The SMILES string of the molecule is CNC1CCC23CC24CCC2(C)C5C(CC2(C)C4CCC3C1(C)C)OCN(C)C5C. The van der Waals surface area contributed by atoms with E-state index in [1.807, 2.05) is 0 Å². The first kappa shape index (κ1) is 20.5. The maximum atomic E-state index is 6.52. The third-order valence-corrected chi connectivity index (χ3v) is 13.2. The molecule has 3 nitrogen and oxygen atoms in total. The van der Waals surface area contributed by atoms with Crippen molar-refractivity contribution in [3.8, 4) is 0 Å². The van der Waals surface area contributed by atoms with Crippen molar-refractivity contribution in [3.05, 3.63) is 0 Å². The van der Waals surface area contributed by atoms with Crippen LogP contribution in [0.25, 0.3) is 0 Å². The highest BCUT2D eigenvalue weighted by Crippen LogP contribution is 2.89. The smallest absolute Gasteiger partial charge is 0.0994 e. The average molecular weight is 415 g/mol. The van der Waals surface area contributed by atoms with Crippen molar-refractivity contribution in [2.75, 3.05) is 20.8 Å². The van der Waals surface area contributed by atoms with E-state index in [1.54, 1.807) is 6.42 Å². The van der Waals surface area contributed by atoms with Gasteiger partial charge < -0.3 is 10.1 Å². The van der Waals surface area contributed by atoms with E-state index >= 15 is 0 Å². The molecule has 2 spiro atoms. The maximum Gasteiger partial charge on any atom is 0.0994 e. The monoisotopic (exact) mass is 414 g/mol. The fourth-order valence-electron chi connectivity index (χ4n) is 11.6. The first-order valence-corrected chi connectivity index (χ1v) is 13.1. The zero-order valence-electron chi connectivity index (χ0n) is 20.7. The molecule has 0 aromatic rings. The van der Waals surface area contributed by atoms with Gasteiger partial charge in [-0.1, -0.05) is 27.7 Å². The van der Waals surface area contributed by atoms with Gasteiger partial charge in [0, 0.05) is 18.0 Å². The number of hydrogen-bond acceptors (Lipinski definition) is 3. The van der Waals surface area contributed by atoms with Crippen LogP contribution in [0.2, 0.25) is 0 Å². The fourth-order valence-corrected chi connectivity index (χ4v) is 11.6. The van der Waals surface area contributed by atoms with E-state index in [-0.39, 0.29) is 0 Å². The lowest BCUT2D eigenvalue weighted by molar-refractivity contribution is -0.161. The van der Waals surface area contributed by atoms with E-state index in [4.69, 9.17) is 4.74 Å². The molecule has 3 heteroatoms. The van der Waals surface area contributed by atoms with Gasteiger partial charge in [-0.3, -0.25) is 4.90 Å². The van der Waals surface area contributed by atoms with E-state index in [0.717, 1.165) is 18.6 Å². The summed E-state index contributed by atoms with van der Waals surface area (Å²) in [6.07, 6.45) is 12.1. The fraction of sp³-hybridized carbons (Fsp3) is 1.00. The van der Waals surface area contributed by atoms with Crippen molar-refractivity contribution in [1.82, 2.24) is 10.2 Å². The van der Waals surface area contributed by atoms with Crippen molar-refractivity contribution in [1.29, 1.82) is 0 Å². The Bertz CT molecular complexity index is 751. The molecule has 0 aromatic carbocycles. The number of nitrogens with zero attached hydrogens (tertiary/aromatic N) is 1. The Balaban J connectivity index is 1.38. The second-order valence-electron chi connectivity index (χ2n) is 13.8. The van der Waals surface area contributed by atoms with Gasteiger partial charge in [0.2, 0.25) is 0 Å². The van der Waals surface area contributed by atoms with Gasteiger partial charge in [0.1, 0.15) is 0 Å². The highest BCUT2D eigenvalue weighted by atomic mass is 16.5. The van der Waals surface area contributed by atoms with Gasteiger partial charge in [-0.15, -0.1) is 0 Å². The molecule has 6 aliphatic rings. The van der Waals surface area contributed by atoms with Crippen molar-refractivity contribution in [2.24, 2.45) is 44.8 Å². The Kier molecular flexibility index (Phi) is 4.00. The molecule has 6 fully saturated rings. The minimum Gasteiger partial charge on any atom is -0.362 e. The van der Waals surface area contributed by atoms with Gasteiger partial charge in [-0.2, -0.15) is 0 Å². The minimum absolute atomic E-state index is 0.438. The van der Waals surface area contributed by atoms with Gasteiger partial charge in [0.15, 0.2) is 0 Å². The summed E-state index contributed by atoms with van der Waals surface area (Å²) in [5.41, 5.74) is 2.65. The summed E-state index contributed by atoms with van der Waals surface area (Å²) in [6.45, 7) is 13.9. The Labute approximate surface area is 185 Å². The molecule has 1 N–H and O–H groups in total. The second-order valence-corrected chi connectivity index (χ2v) is 13.8. The highest BCUT2D eigenvalue weighted by molar-refractivity contribution is 5.31. The Morgan fingerprint density at radius 1 is 0.900 bits per heavy atom. The van der Waals surface area contributed by atoms with E-state index in [9.17, 15) is 0 Å². The van der Waals surface area contributed by atoms with Crippen molar-refractivity contribution in [3.63, 3.8) is 0 Å². The summed E-state index contributed by atoms with van der Waals surface area (Å²) >= 11 is 0. The number of ether oxygens (including phenoxy) is 1. The number of fused-ring (bicyclic) bond motifs is 4. The molecule has 10 unspecified atom stereocenters. The summed E-state index contributed by atoms with van der Waals surface area (Å²) in [5, 5.41) is 3.70. The van der Waals surface area contributed by atoms with Crippen molar-refractivity contribution < 1.29 is 4.74 Å². The molecule has 5 aliphatic carbocycles. The first-order chi connectivity index (χ1) is 14.1. The Morgan fingerprint density at radius 3 is 2.33 bits per heavy atom. The zero-order chi connectivity index (χ0) is 21.3. The normalized spacial score (nSPS) is 61.3. The van der Waals surface area contributed by atoms with Crippen LogP contribution in [0, 0.1) is 44.8 Å². The zero-order valence-corrected chi connectivity index (χ0v) is 20.7.